The minimum Gasteiger partial charge on any atom is -0.362 e. The summed E-state index contributed by atoms with van der Waals surface area (Å²) in [5, 5.41) is 14.1. The Balaban J connectivity index is 1.60. The van der Waals surface area contributed by atoms with E-state index in [9.17, 15) is 10.1 Å². The molecule has 0 saturated carbocycles. The second-order valence-electron chi connectivity index (χ2n) is 5.07. The molecule has 21 heavy (non-hydrogen) atoms. The molecule has 0 spiro atoms. The van der Waals surface area contributed by atoms with Crippen LogP contribution in [0.5, 0.6) is 0 Å². The third kappa shape index (κ3) is 3.61. The maximum atomic E-state index is 10.8. The maximum Gasteiger partial charge on any atom is 0.326 e. The fourth-order valence-electron chi connectivity index (χ4n) is 2.56. The van der Waals surface area contributed by atoms with E-state index in [0.717, 1.165) is 44.1 Å². The average Bonchev–Trinajstić information content (AvgIpc) is 3.09. The molecule has 3 heterocycles. The molecule has 2 aromatic heterocycles. The van der Waals surface area contributed by atoms with E-state index in [2.05, 4.69) is 27.3 Å². The summed E-state index contributed by atoms with van der Waals surface area (Å²) in [6, 6.07) is 7.75. The zero-order valence-electron chi connectivity index (χ0n) is 11.6. The predicted molar refractivity (Wildman–Crippen MR) is 87.4 cm³/mol. The van der Waals surface area contributed by atoms with E-state index >= 15 is 0 Å². The molecule has 0 N–H and O–H groups in total. The van der Waals surface area contributed by atoms with Crippen molar-refractivity contribution in [3.63, 3.8) is 0 Å². The van der Waals surface area contributed by atoms with E-state index in [-0.39, 0.29) is 9.92 Å². The number of nitrogens with zero attached hydrogens (tertiary/aromatic N) is 3. The Labute approximate surface area is 131 Å². The van der Waals surface area contributed by atoms with E-state index in [0.29, 0.717) is 0 Å². The minimum atomic E-state index is -0.310. The Morgan fingerprint density at radius 1 is 1.19 bits per heavy atom. The zero-order valence-corrected chi connectivity index (χ0v) is 13.2. The van der Waals surface area contributed by atoms with Crippen LogP contribution in [-0.4, -0.2) is 36.0 Å². The summed E-state index contributed by atoms with van der Waals surface area (Å²) >= 11 is 3.07. The molecule has 0 atom stereocenters. The molecule has 1 aliphatic rings. The first-order chi connectivity index (χ1) is 10.2. The van der Waals surface area contributed by atoms with Gasteiger partial charge in [0.15, 0.2) is 0 Å². The molecule has 3 rings (SSSR count). The summed E-state index contributed by atoms with van der Waals surface area (Å²) in [6.45, 7) is 5.00. The molecule has 7 heteroatoms. The largest absolute Gasteiger partial charge is 0.362 e. The normalized spacial score (nSPS) is 16.9. The molecule has 0 amide bonds. The highest BCUT2D eigenvalue weighted by atomic mass is 32.1. The van der Waals surface area contributed by atoms with E-state index in [4.69, 9.17) is 0 Å². The lowest BCUT2D eigenvalue weighted by Gasteiger charge is -2.21. The van der Waals surface area contributed by atoms with Gasteiger partial charge >= 0.3 is 5.00 Å². The van der Waals surface area contributed by atoms with Crippen LogP contribution in [0.2, 0.25) is 0 Å². The number of hydrogen-bond acceptors (Lipinski definition) is 6. The lowest BCUT2D eigenvalue weighted by atomic mass is 10.3. The van der Waals surface area contributed by atoms with Crippen LogP contribution in [0.15, 0.2) is 29.6 Å². The van der Waals surface area contributed by atoms with Crippen molar-refractivity contribution in [3.05, 3.63) is 44.6 Å². The van der Waals surface area contributed by atoms with Gasteiger partial charge in [-0.25, -0.2) is 0 Å². The molecule has 0 unspecified atom stereocenters. The van der Waals surface area contributed by atoms with Crippen LogP contribution >= 0.6 is 22.7 Å². The molecular formula is C14H17N3O2S2. The summed E-state index contributed by atoms with van der Waals surface area (Å²) in [6.07, 6.45) is 1.09. The summed E-state index contributed by atoms with van der Waals surface area (Å²) in [5.41, 5.74) is 0. The van der Waals surface area contributed by atoms with Crippen molar-refractivity contribution in [2.75, 3.05) is 31.1 Å². The summed E-state index contributed by atoms with van der Waals surface area (Å²) in [4.78, 5) is 16.6. The van der Waals surface area contributed by atoms with Crippen LogP contribution in [0.1, 0.15) is 11.3 Å². The van der Waals surface area contributed by atoms with Gasteiger partial charge in [-0.1, -0.05) is 6.07 Å². The summed E-state index contributed by atoms with van der Waals surface area (Å²) in [7, 11) is 0. The van der Waals surface area contributed by atoms with Crippen molar-refractivity contribution in [1.82, 2.24) is 4.90 Å². The Hall–Kier alpha value is -1.44. The Morgan fingerprint density at radius 3 is 2.81 bits per heavy atom. The van der Waals surface area contributed by atoms with Gasteiger partial charge in [0.25, 0.3) is 0 Å². The molecule has 0 radical (unpaired) electrons. The second kappa shape index (κ2) is 6.55. The SMILES string of the molecule is O=[N+]([O-])c1ccc(N2CCCN(Cc3cccs3)CC2)s1. The van der Waals surface area contributed by atoms with E-state index in [1.54, 1.807) is 17.4 Å². The van der Waals surface area contributed by atoms with Gasteiger partial charge in [0.1, 0.15) is 0 Å². The minimum absolute atomic E-state index is 0.227. The Morgan fingerprint density at radius 2 is 2.10 bits per heavy atom. The Bertz CT molecular complexity index is 597. The zero-order chi connectivity index (χ0) is 14.7. The van der Waals surface area contributed by atoms with Crippen molar-refractivity contribution >= 4 is 32.7 Å². The van der Waals surface area contributed by atoms with Crippen LogP contribution in [0.25, 0.3) is 0 Å². The number of anilines is 1. The first-order valence-electron chi connectivity index (χ1n) is 6.96. The molecule has 2 aromatic rings. The second-order valence-corrected chi connectivity index (χ2v) is 7.14. The van der Waals surface area contributed by atoms with Crippen LogP contribution in [0.4, 0.5) is 10.0 Å². The highest BCUT2D eigenvalue weighted by Crippen LogP contribution is 2.32. The molecule has 5 nitrogen and oxygen atoms in total. The van der Waals surface area contributed by atoms with Crippen LogP contribution < -0.4 is 4.90 Å². The van der Waals surface area contributed by atoms with Gasteiger partial charge in [-0.15, -0.1) is 11.3 Å². The van der Waals surface area contributed by atoms with Crippen molar-refractivity contribution in [2.24, 2.45) is 0 Å². The fourth-order valence-corrected chi connectivity index (χ4v) is 4.18. The maximum absolute atomic E-state index is 10.8. The fraction of sp³-hybridized carbons (Fsp3) is 0.429. The number of nitro groups is 1. The smallest absolute Gasteiger partial charge is 0.326 e. The summed E-state index contributed by atoms with van der Waals surface area (Å²) < 4.78 is 0. The molecule has 0 aliphatic carbocycles. The van der Waals surface area contributed by atoms with Gasteiger partial charge in [-0.2, -0.15) is 0 Å². The third-order valence-corrected chi connectivity index (χ3v) is 5.58. The van der Waals surface area contributed by atoms with Gasteiger partial charge in [0.05, 0.1) is 9.92 Å². The molecule has 1 aliphatic heterocycles. The molecule has 1 fully saturated rings. The van der Waals surface area contributed by atoms with Crippen LogP contribution in [0, 0.1) is 10.1 Å². The van der Waals surface area contributed by atoms with Gasteiger partial charge < -0.3 is 4.90 Å². The highest BCUT2D eigenvalue weighted by molar-refractivity contribution is 7.19. The van der Waals surface area contributed by atoms with E-state index < -0.39 is 0 Å². The van der Waals surface area contributed by atoms with Gasteiger partial charge in [-0.3, -0.25) is 15.0 Å². The topological polar surface area (TPSA) is 49.6 Å². The van der Waals surface area contributed by atoms with Crippen LogP contribution in [0.3, 0.4) is 0 Å². The molecule has 0 aromatic carbocycles. The van der Waals surface area contributed by atoms with Crippen molar-refractivity contribution in [2.45, 2.75) is 13.0 Å². The molecule has 112 valence electrons. The van der Waals surface area contributed by atoms with Crippen molar-refractivity contribution < 1.29 is 4.92 Å². The van der Waals surface area contributed by atoms with Crippen molar-refractivity contribution in [3.8, 4) is 0 Å². The third-order valence-electron chi connectivity index (χ3n) is 3.62. The average molecular weight is 323 g/mol. The first-order valence-corrected chi connectivity index (χ1v) is 8.66. The Kier molecular flexibility index (Phi) is 4.52. The van der Waals surface area contributed by atoms with Crippen molar-refractivity contribution in [1.29, 1.82) is 0 Å². The number of thiophene rings is 2. The lowest BCUT2D eigenvalue weighted by Crippen LogP contribution is -2.29. The number of rotatable bonds is 4. The first kappa shape index (κ1) is 14.5. The van der Waals surface area contributed by atoms with Crippen LogP contribution in [-0.2, 0) is 6.54 Å². The quantitative estimate of drug-likeness (QED) is 0.639. The highest BCUT2D eigenvalue weighted by Gasteiger charge is 2.19. The molecular weight excluding hydrogens is 306 g/mol. The van der Waals surface area contributed by atoms with E-state index in [1.165, 1.54) is 16.2 Å². The summed E-state index contributed by atoms with van der Waals surface area (Å²) in [5.74, 6) is 0. The molecule has 0 bridgehead atoms. The van der Waals surface area contributed by atoms with Gasteiger partial charge in [0.2, 0.25) is 0 Å². The lowest BCUT2D eigenvalue weighted by molar-refractivity contribution is -0.380. The standard InChI is InChI=1S/C14H17N3O2S2/c18-17(19)14-5-4-13(21-14)16-7-2-6-15(8-9-16)11-12-3-1-10-20-12/h1,3-5,10H,2,6-9,11H2. The molecule has 1 saturated heterocycles. The predicted octanol–water partition coefficient (Wildman–Crippen LogP) is 3.43. The monoisotopic (exact) mass is 323 g/mol. The van der Waals surface area contributed by atoms with E-state index in [1.807, 2.05) is 6.07 Å². The number of hydrogen-bond donors (Lipinski definition) is 0. The van der Waals surface area contributed by atoms with Gasteiger partial charge in [-0.05, 0) is 35.3 Å². The van der Waals surface area contributed by atoms with Gasteiger partial charge in [0, 0.05) is 43.7 Å².